The lowest BCUT2D eigenvalue weighted by Crippen LogP contribution is -2.15. The number of nitrogens with zero attached hydrogens (tertiary/aromatic N) is 3. The first-order valence-electron chi connectivity index (χ1n) is 8.33. The van der Waals surface area contributed by atoms with E-state index in [4.69, 9.17) is 21.1 Å². The van der Waals surface area contributed by atoms with Gasteiger partial charge < -0.3 is 9.47 Å². The molecule has 144 valence electrons. The molecule has 0 bridgehead atoms. The Kier molecular flexibility index (Phi) is 6.23. The number of hydrogen-bond donors (Lipinski definition) is 2. The summed E-state index contributed by atoms with van der Waals surface area (Å²) in [6.45, 7) is 1.96. The number of aromatic nitrogens is 3. The molecule has 0 unspecified atom stereocenters. The SMILES string of the molecule is COc1cc(C=NNc2nnc(C)c(=O)[nH]2)ccc1OCc1ccc(Cl)cc1. The largest absolute Gasteiger partial charge is 0.493 e. The lowest BCUT2D eigenvalue weighted by molar-refractivity contribution is 0.284. The molecule has 3 aromatic rings. The number of hydrogen-bond acceptors (Lipinski definition) is 7. The Morgan fingerprint density at radius 2 is 1.96 bits per heavy atom. The first-order chi connectivity index (χ1) is 13.5. The first-order valence-corrected chi connectivity index (χ1v) is 8.71. The number of rotatable bonds is 7. The molecule has 0 aliphatic carbocycles. The second-order valence-electron chi connectivity index (χ2n) is 5.78. The van der Waals surface area contributed by atoms with Crippen molar-refractivity contribution in [2.75, 3.05) is 12.5 Å². The van der Waals surface area contributed by atoms with Gasteiger partial charge in [0.2, 0.25) is 5.95 Å². The number of anilines is 1. The number of benzene rings is 2. The van der Waals surface area contributed by atoms with Crippen LogP contribution in [0.1, 0.15) is 16.8 Å². The molecule has 9 heteroatoms. The number of aromatic amines is 1. The van der Waals surface area contributed by atoms with Gasteiger partial charge in [-0.25, -0.2) is 5.43 Å². The summed E-state index contributed by atoms with van der Waals surface area (Å²) in [7, 11) is 1.57. The van der Waals surface area contributed by atoms with Crippen molar-refractivity contribution in [1.29, 1.82) is 0 Å². The van der Waals surface area contributed by atoms with Crippen LogP contribution in [0.25, 0.3) is 0 Å². The van der Waals surface area contributed by atoms with E-state index in [1.165, 1.54) is 0 Å². The van der Waals surface area contributed by atoms with Crippen LogP contribution in [0.2, 0.25) is 5.02 Å². The molecule has 2 aromatic carbocycles. The third kappa shape index (κ3) is 5.08. The summed E-state index contributed by atoms with van der Waals surface area (Å²) in [6, 6.07) is 12.8. The summed E-state index contributed by atoms with van der Waals surface area (Å²) in [5.74, 6) is 1.33. The predicted octanol–water partition coefficient (Wildman–Crippen LogP) is 3.16. The van der Waals surface area contributed by atoms with Crippen LogP contribution in [0.15, 0.2) is 52.4 Å². The van der Waals surface area contributed by atoms with Gasteiger partial charge in [-0.3, -0.25) is 9.78 Å². The third-order valence-electron chi connectivity index (χ3n) is 3.74. The van der Waals surface area contributed by atoms with E-state index in [1.807, 2.05) is 30.3 Å². The van der Waals surface area contributed by atoms with Crippen LogP contribution in [0.5, 0.6) is 11.5 Å². The van der Waals surface area contributed by atoms with E-state index >= 15 is 0 Å². The maximum atomic E-state index is 11.5. The minimum absolute atomic E-state index is 0.154. The van der Waals surface area contributed by atoms with Gasteiger partial charge in [-0.15, -0.1) is 10.2 Å². The minimum Gasteiger partial charge on any atom is -0.493 e. The predicted molar refractivity (Wildman–Crippen MR) is 107 cm³/mol. The van der Waals surface area contributed by atoms with Crippen LogP contribution in [-0.2, 0) is 6.61 Å². The molecule has 8 nitrogen and oxygen atoms in total. The molecule has 2 N–H and O–H groups in total. The van der Waals surface area contributed by atoms with E-state index in [2.05, 4.69) is 25.7 Å². The van der Waals surface area contributed by atoms with Gasteiger partial charge in [0.25, 0.3) is 5.56 Å². The molecule has 0 saturated carbocycles. The number of ether oxygens (including phenoxy) is 2. The van der Waals surface area contributed by atoms with Gasteiger partial charge >= 0.3 is 0 Å². The summed E-state index contributed by atoms with van der Waals surface area (Å²) in [6.07, 6.45) is 1.56. The zero-order chi connectivity index (χ0) is 19.9. The molecule has 0 aliphatic rings. The zero-order valence-corrected chi connectivity index (χ0v) is 16.0. The third-order valence-corrected chi connectivity index (χ3v) is 3.99. The molecule has 0 spiro atoms. The summed E-state index contributed by atoms with van der Waals surface area (Å²) in [4.78, 5) is 14.0. The highest BCUT2D eigenvalue weighted by Crippen LogP contribution is 2.28. The minimum atomic E-state index is -0.323. The van der Waals surface area contributed by atoms with Crippen molar-refractivity contribution < 1.29 is 9.47 Å². The van der Waals surface area contributed by atoms with Crippen LogP contribution in [0.3, 0.4) is 0 Å². The Balaban J connectivity index is 1.65. The lowest BCUT2D eigenvalue weighted by Gasteiger charge is -2.11. The second kappa shape index (κ2) is 9.01. The van der Waals surface area contributed by atoms with Gasteiger partial charge in [0, 0.05) is 5.02 Å². The highest BCUT2D eigenvalue weighted by molar-refractivity contribution is 6.30. The lowest BCUT2D eigenvalue weighted by atomic mass is 10.2. The Morgan fingerprint density at radius 3 is 2.68 bits per heavy atom. The average molecular weight is 400 g/mol. The molecule has 0 amide bonds. The molecular weight excluding hydrogens is 382 g/mol. The van der Waals surface area contributed by atoms with E-state index < -0.39 is 0 Å². The van der Waals surface area contributed by atoms with E-state index in [9.17, 15) is 4.79 Å². The van der Waals surface area contributed by atoms with Crippen molar-refractivity contribution in [3.63, 3.8) is 0 Å². The normalized spacial score (nSPS) is 10.8. The number of methoxy groups -OCH3 is 1. The average Bonchev–Trinajstić information content (AvgIpc) is 2.70. The quantitative estimate of drug-likeness (QED) is 0.467. The summed E-state index contributed by atoms with van der Waals surface area (Å²) >= 11 is 5.89. The van der Waals surface area contributed by atoms with Crippen LogP contribution in [0, 0.1) is 6.92 Å². The molecule has 0 aliphatic heterocycles. The van der Waals surface area contributed by atoms with Gasteiger partial charge in [0.1, 0.15) is 12.3 Å². The first kappa shape index (κ1) is 19.4. The Morgan fingerprint density at radius 1 is 1.18 bits per heavy atom. The number of nitrogens with one attached hydrogen (secondary N) is 2. The fourth-order valence-corrected chi connectivity index (χ4v) is 2.36. The Bertz CT molecular complexity index is 1030. The van der Waals surface area contributed by atoms with Crippen LogP contribution in [0.4, 0.5) is 5.95 Å². The van der Waals surface area contributed by atoms with Gasteiger partial charge in [-0.05, 0) is 48.4 Å². The fourth-order valence-electron chi connectivity index (χ4n) is 2.24. The van der Waals surface area contributed by atoms with E-state index in [0.29, 0.717) is 23.1 Å². The van der Waals surface area contributed by atoms with Crippen molar-refractivity contribution in [2.45, 2.75) is 13.5 Å². The monoisotopic (exact) mass is 399 g/mol. The van der Waals surface area contributed by atoms with Crippen molar-refractivity contribution in [3.8, 4) is 11.5 Å². The van der Waals surface area contributed by atoms with Gasteiger partial charge in [0.15, 0.2) is 11.5 Å². The van der Waals surface area contributed by atoms with Crippen molar-refractivity contribution in [2.24, 2.45) is 5.10 Å². The van der Waals surface area contributed by atoms with E-state index in [-0.39, 0.29) is 17.2 Å². The van der Waals surface area contributed by atoms with E-state index in [0.717, 1.165) is 11.1 Å². The fraction of sp³-hybridized carbons (Fsp3) is 0.158. The molecular formula is C19H18ClN5O3. The summed E-state index contributed by atoms with van der Waals surface area (Å²) in [5.41, 5.74) is 4.35. The second-order valence-corrected chi connectivity index (χ2v) is 6.22. The number of H-pyrrole nitrogens is 1. The summed E-state index contributed by atoms with van der Waals surface area (Å²) in [5, 5.41) is 12.2. The molecule has 0 atom stereocenters. The van der Waals surface area contributed by atoms with Gasteiger partial charge in [0.05, 0.1) is 13.3 Å². The van der Waals surface area contributed by atoms with E-state index in [1.54, 1.807) is 32.4 Å². The maximum absolute atomic E-state index is 11.5. The molecule has 0 radical (unpaired) electrons. The van der Waals surface area contributed by atoms with Gasteiger partial charge in [-0.1, -0.05) is 23.7 Å². The standard InChI is InChI=1S/C19H18ClN5O3/c1-12-18(26)22-19(25-23-12)24-21-10-14-5-8-16(17(9-14)27-2)28-11-13-3-6-15(20)7-4-13/h3-10H,11H2,1-2H3,(H2,22,24,25,26). The molecule has 1 heterocycles. The Hall–Kier alpha value is -3.39. The maximum Gasteiger partial charge on any atom is 0.274 e. The van der Waals surface area contributed by atoms with Crippen LogP contribution >= 0.6 is 11.6 Å². The highest BCUT2D eigenvalue weighted by atomic mass is 35.5. The van der Waals surface area contributed by atoms with Crippen molar-refractivity contribution >= 4 is 23.8 Å². The molecule has 0 saturated heterocycles. The molecule has 3 rings (SSSR count). The van der Waals surface area contributed by atoms with Crippen molar-refractivity contribution in [3.05, 3.63) is 74.7 Å². The smallest absolute Gasteiger partial charge is 0.274 e. The van der Waals surface area contributed by atoms with Crippen LogP contribution < -0.4 is 20.5 Å². The highest BCUT2D eigenvalue weighted by Gasteiger charge is 2.06. The van der Waals surface area contributed by atoms with Gasteiger partial charge in [-0.2, -0.15) is 5.10 Å². The van der Waals surface area contributed by atoms with Crippen molar-refractivity contribution in [1.82, 2.24) is 15.2 Å². The zero-order valence-electron chi connectivity index (χ0n) is 15.3. The number of aryl methyl sites for hydroxylation is 1. The Labute approximate surface area is 166 Å². The number of halogens is 1. The summed E-state index contributed by atoms with van der Waals surface area (Å²) < 4.78 is 11.2. The van der Waals surface area contributed by atoms with Crippen LogP contribution in [-0.4, -0.2) is 28.5 Å². The molecule has 28 heavy (non-hydrogen) atoms. The molecule has 1 aromatic heterocycles. The number of hydrazone groups is 1. The topological polar surface area (TPSA) is 101 Å². The molecule has 0 fully saturated rings.